The Labute approximate surface area is 581 Å². The van der Waals surface area contributed by atoms with Crippen molar-refractivity contribution >= 4 is 19.8 Å². The van der Waals surface area contributed by atoms with Crippen molar-refractivity contribution in [2.75, 3.05) is 47.5 Å². The van der Waals surface area contributed by atoms with Crippen LogP contribution in [0.25, 0.3) is 0 Å². The van der Waals surface area contributed by atoms with Gasteiger partial charge in [0.1, 0.15) is 19.8 Å². The number of phosphoric ester groups is 1. The molecule has 0 rings (SSSR count). The lowest BCUT2D eigenvalue weighted by atomic mass is 10.0. The molecule has 0 amide bonds. The highest BCUT2D eigenvalue weighted by Gasteiger charge is 2.27. The highest BCUT2D eigenvalue weighted by Crippen LogP contribution is 2.43. The van der Waals surface area contributed by atoms with Crippen molar-refractivity contribution in [1.82, 2.24) is 0 Å². The first-order chi connectivity index (χ1) is 46.0. The maximum Gasteiger partial charge on any atom is 0.472 e. The molecule has 0 aromatic carbocycles. The normalized spacial score (nSPS) is 13.8. The van der Waals surface area contributed by atoms with Crippen molar-refractivity contribution in [3.63, 3.8) is 0 Å². The predicted octanol–water partition coefficient (Wildman–Crippen LogP) is 25.9. The maximum absolute atomic E-state index is 12.9. The third-order valence-corrected chi connectivity index (χ3v) is 17.6. The average molecular weight is 1330 g/mol. The largest absolute Gasteiger partial charge is 0.472 e. The molecule has 0 heterocycles. The quantitative estimate of drug-likeness (QED) is 0.0211. The number of carbonyl (C=O) groups excluding carboxylic acids is 2. The first-order valence-electron chi connectivity index (χ1n) is 38.9. The number of unbranched alkanes of at least 4 members (excludes halogenated alkanes) is 35. The van der Waals surface area contributed by atoms with Gasteiger partial charge in [0.2, 0.25) is 0 Å². The molecule has 94 heavy (non-hydrogen) atoms. The lowest BCUT2D eigenvalue weighted by molar-refractivity contribution is -0.870. The van der Waals surface area contributed by atoms with Crippen LogP contribution in [0, 0.1) is 0 Å². The van der Waals surface area contributed by atoms with E-state index < -0.39 is 26.5 Å². The summed E-state index contributed by atoms with van der Waals surface area (Å²) < 4.78 is 34.7. The third kappa shape index (κ3) is 77.2. The Kier molecular flexibility index (Phi) is 70.4. The highest BCUT2D eigenvalue weighted by molar-refractivity contribution is 7.47. The fourth-order valence-electron chi connectivity index (χ4n) is 10.7. The van der Waals surface area contributed by atoms with E-state index in [0.29, 0.717) is 17.4 Å². The van der Waals surface area contributed by atoms with E-state index in [-0.39, 0.29) is 32.0 Å². The summed E-state index contributed by atoms with van der Waals surface area (Å²) in [6, 6.07) is 0. The Balaban J connectivity index is 3.99. The SMILES string of the molecule is CC/C=C\C/C=C\C/C=C\C/C=C\C/C=C\C/C=C\C/C=C\C/C=C\CCCCCCC(=O)OC(COC(=O)CCCCCCCCCCCCCCCCCCCCCCCCCCCC/C=C\C/C=C\C/C=C\CCCCCCC)COP(=O)(O)OCC[N+](C)(C)C. The van der Waals surface area contributed by atoms with Gasteiger partial charge in [-0.25, -0.2) is 4.57 Å². The molecule has 0 aliphatic heterocycles. The molecular weight excluding hydrogens is 1180 g/mol. The van der Waals surface area contributed by atoms with E-state index in [1.807, 2.05) is 21.1 Å². The second-order valence-electron chi connectivity index (χ2n) is 27.0. The van der Waals surface area contributed by atoms with Crippen molar-refractivity contribution in [2.24, 2.45) is 0 Å². The summed E-state index contributed by atoms with van der Waals surface area (Å²) in [7, 11) is 1.45. The fourth-order valence-corrected chi connectivity index (χ4v) is 11.5. The molecule has 540 valence electrons. The summed E-state index contributed by atoms with van der Waals surface area (Å²) in [5, 5.41) is 0. The predicted molar refractivity (Wildman–Crippen MR) is 408 cm³/mol. The molecule has 0 radical (unpaired) electrons. The van der Waals surface area contributed by atoms with Gasteiger partial charge in [-0.15, -0.1) is 0 Å². The van der Waals surface area contributed by atoms with Crippen LogP contribution in [-0.4, -0.2) is 74.9 Å². The molecule has 0 aliphatic rings. The van der Waals surface area contributed by atoms with Crippen LogP contribution >= 0.6 is 7.82 Å². The number of ether oxygens (including phenoxy) is 2. The number of carbonyl (C=O) groups is 2. The molecule has 0 fully saturated rings. The van der Waals surface area contributed by atoms with Gasteiger partial charge in [-0.1, -0.05) is 340 Å². The van der Waals surface area contributed by atoms with Gasteiger partial charge in [-0.05, 0) is 116 Å². The van der Waals surface area contributed by atoms with E-state index in [1.54, 1.807) is 0 Å². The van der Waals surface area contributed by atoms with Gasteiger partial charge in [0.25, 0.3) is 0 Å². The van der Waals surface area contributed by atoms with Gasteiger partial charge >= 0.3 is 19.8 Å². The molecule has 1 N–H and O–H groups in total. The Morgan fingerprint density at radius 2 is 0.606 bits per heavy atom. The van der Waals surface area contributed by atoms with Gasteiger partial charge in [-0.3, -0.25) is 18.6 Å². The minimum Gasteiger partial charge on any atom is -0.462 e. The first-order valence-corrected chi connectivity index (χ1v) is 40.4. The summed E-state index contributed by atoms with van der Waals surface area (Å²) in [4.78, 5) is 35.9. The molecule has 0 bridgehead atoms. The zero-order valence-corrected chi connectivity index (χ0v) is 62.6. The lowest BCUT2D eigenvalue weighted by Crippen LogP contribution is -2.37. The van der Waals surface area contributed by atoms with Crippen molar-refractivity contribution < 1.29 is 42.1 Å². The van der Waals surface area contributed by atoms with E-state index in [1.165, 1.54) is 193 Å². The number of likely N-dealkylation sites (N-methyl/N-ethyl adjacent to an activating group) is 1. The Hall–Kier alpha value is -3.85. The second kappa shape index (κ2) is 73.4. The molecule has 10 heteroatoms. The number of rotatable bonds is 71. The molecular formula is C84H147NO8P+. The zero-order chi connectivity index (χ0) is 68.3. The highest BCUT2D eigenvalue weighted by atomic mass is 31.2. The second-order valence-corrected chi connectivity index (χ2v) is 28.5. The van der Waals surface area contributed by atoms with Crippen LogP contribution in [-0.2, 0) is 32.7 Å². The van der Waals surface area contributed by atoms with Crippen molar-refractivity contribution in [1.29, 1.82) is 0 Å². The Bertz CT molecular complexity index is 2050. The molecule has 2 atom stereocenters. The van der Waals surface area contributed by atoms with Crippen molar-refractivity contribution in [2.45, 2.75) is 341 Å². The average Bonchev–Trinajstić information content (AvgIpc) is 1.65. The summed E-state index contributed by atoms with van der Waals surface area (Å²) in [6.07, 6.45) is 107. The smallest absolute Gasteiger partial charge is 0.462 e. The van der Waals surface area contributed by atoms with E-state index in [9.17, 15) is 19.0 Å². The number of quaternary nitrogens is 1. The molecule has 0 saturated heterocycles. The first kappa shape index (κ1) is 90.2. The monoisotopic (exact) mass is 1330 g/mol. The van der Waals surface area contributed by atoms with Gasteiger partial charge in [0.05, 0.1) is 27.7 Å². The maximum atomic E-state index is 12.9. The molecule has 0 aliphatic carbocycles. The Morgan fingerprint density at radius 3 is 0.904 bits per heavy atom. The van der Waals surface area contributed by atoms with Gasteiger partial charge in [0.15, 0.2) is 6.10 Å². The number of nitrogens with zero attached hydrogens (tertiary/aromatic N) is 1. The van der Waals surface area contributed by atoms with Crippen LogP contribution in [0.4, 0.5) is 0 Å². The van der Waals surface area contributed by atoms with Gasteiger partial charge in [0, 0.05) is 12.8 Å². The van der Waals surface area contributed by atoms with Crippen molar-refractivity contribution in [3.8, 4) is 0 Å². The zero-order valence-electron chi connectivity index (χ0n) is 61.7. The summed E-state index contributed by atoms with van der Waals surface area (Å²) in [6.45, 7) is 4.30. The molecule has 0 aromatic heterocycles. The van der Waals surface area contributed by atoms with Crippen LogP contribution in [0.5, 0.6) is 0 Å². The Morgan fingerprint density at radius 1 is 0.340 bits per heavy atom. The molecule has 0 saturated carbocycles. The molecule has 9 nitrogen and oxygen atoms in total. The topological polar surface area (TPSA) is 108 Å². The standard InChI is InChI=1S/C84H146NO8P/c1-6-8-10-12-14-16-18-20-22-24-26-28-30-32-34-36-37-38-39-40-41-42-43-44-45-46-47-49-50-52-54-56-58-60-62-64-66-68-70-72-74-76-83(86)90-80-82(81-92-94(88,89)91-79-78-85(3,4)5)93-84(87)77-75-73-71-69-67-65-63-61-59-57-55-53-51-48-35-33-31-29-27-25-23-21-19-17-15-13-11-9-7-2/h9,11,15,17-18,20-21,23-24,26-27,29-30,32-33,35,51,53,57,59,63,65,82H,6-8,10,12-14,16,19,22,25,28,31,34,36-50,52,54-56,58,60-62,64,66-81H2,1-5H3/p+1/b11-9-,17-15-,20-18-,23-21-,26-24-,29-27-,32-30-,35-33-,53-51-,59-57-,65-63-. The van der Waals surface area contributed by atoms with Crippen molar-refractivity contribution in [3.05, 3.63) is 134 Å². The molecule has 2 unspecified atom stereocenters. The number of phosphoric acid groups is 1. The summed E-state index contributed by atoms with van der Waals surface area (Å²) in [5.74, 6) is -0.823. The number of allylic oxidation sites excluding steroid dienone is 22. The number of esters is 2. The fraction of sp³-hybridized carbons (Fsp3) is 0.714. The van der Waals surface area contributed by atoms with E-state index in [0.717, 1.165) is 109 Å². The van der Waals surface area contributed by atoms with Crippen LogP contribution in [0.15, 0.2) is 134 Å². The molecule has 0 aromatic rings. The molecule has 0 spiro atoms. The third-order valence-electron chi connectivity index (χ3n) is 16.7. The van der Waals surface area contributed by atoms with E-state index in [4.69, 9.17) is 18.5 Å². The van der Waals surface area contributed by atoms with Crippen LogP contribution in [0.3, 0.4) is 0 Å². The van der Waals surface area contributed by atoms with Crippen LogP contribution in [0.2, 0.25) is 0 Å². The van der Waals surface area contributed by atoms with Gasteiger partial charge < -0.3 is 18.9 Å². The van der Waals surface area contributed by atoms with Crippen LogP contribution < -0.4 is 0 Å². The van der Waals surface area contributed by atoms with E-state index in [2.05, 4.69) is 148 Å². The van der Waals surface area contributed by atoms with Gasteiger partial charge in [-0.2, -0.15) is 0 Å². The summed E-state index contributed by atoms with van der Waals surface area (Å²) >= 11 is 0. The minimum absolute atomic E-state index is 0.0212. The summed E-state index contributed by atoms with van der Waals surface area (Å²) in [5.41, 5.74) is 0. The lowest BCUT2D eigenvalue weighted by Gasteiger charge is -2.24. The number of hydrogen-bond acceptors (Lipinski definition) is 7. The van der Waals surface area contributed by atoms with E-state index >= 15 is 0 Å². The van der Waals surface area contributed by atoms with Crippen LogP contribution in [0.1, 0.15) is 335 Å². The minimum atomic E-state index is -4.41. The number of hydrogen-bond donors (Lipinski definition) is 1.